The fourth-order valence-corrected chi connectivity index (χ4v) is 4.41. The highest BCUT2D eigenvalue weighted by molar-refractivity contribution is 7.10. The van der Waals surface area contributed by atoms with Gasteiger partial charge in [-0.3, -0.25) is 14.5 Å². The average Bonchev–Trinajstić information content (AvgIpc) is 3.17. The fraction of sp³-hybridized carbons (Fsp3) is 0.526. The molecule has 0 unspecified atom stereocenters. The Hall–Kier alpha value is -2.19. The molecule has 0 spiro atoms. The van der Waals surface area contributed by atoms with E-state index in [1.54, 1.807) is 11.3 Å². The van der Waals surface area contributed by atoms with Crippen molar-refractivity contribution in [1.82, 2.24) is 20.7 Å². The molecule has 0 atom stereocenters. The van der Waals surface area contributed by atoms with Crippen LogP contribution in [0.4, 0.5) is 0 Å². The molecule has 0 saturated carbocycles. The Kier molecular flexibility index (Phi) is 5.96. The Morgan fingerprint density at radius 2 is 2.15 bits per heavy atom. The Bertz CT molecular complexity index is 821. The summed E-state index contributed by atoms with van der Waals surface area (Å²) >= 11 is 1.61. The van der Waals surface area contributed by atoms with Crippen LogP contribution >= 0.6 is 11.3 Å². The highest BCUT2D eigenvalue weighted by Crippen LogP contribution is 2.30. The summed E-state index contributed by atoms with van der Waals surface area (Å²) in [5.74, 6) is 0.517. The first-order valence-electron chi connectivity index (χ1n) is 9.16. The maximum Gasteiger partial charge on any atom is 0.252 e. The van der Waals surface area contributed by atoms with E-state index in [1.165, 1.54) is 4.88 Å². The predicted molar refractivity (Wildman–Crippen MR) is 104 cm³/mol. The summed E-state index contributed by atoms with van der Waals surface area (Å²) in [7, 11) is 0. The van der Waals surface area contributed by atoms with Crippen molar-refractivity contribution >= 4 is 23.2 Å². The number of hydrogen-bond acceptors (Lipinski definition) is 6. The molecule has 0 aliphatic carbocycles. The summed E-state index contributed by atoms with van der Waals surface area (Å²) in [4.78, 5) is 27.8. The van der Waals surface area contributed by atoms with Gasteiger partial charge in [0.2, 0.25) is 5.91 Å². The van der Waals surface area contributed by atoms with E-state index >= 15 is 0 Å². The molecule has 0 aromatic carbocycles. The molecule has 0 bridgehead atoms. The van der Waals surface area contributed by atoms with Crippen LogP contribution in [0.3, 0.4) is 0 Å². The van der Waals surface area contributed by atoms with Gasteiger partial charge in [-0.05, 0) is 39.7 Å². The first kappa shape index (κ1) is 19.6. The molecule has 8 heteroatoms. The molecule has 0 saturated heterocycles. The molecule has 3 heterocycles. The molecule has 2 N–H and O–H groups in total. The highest BCUT2D eigenvalue weighted by atomic mass is 32.1. The molecule has 2 aromatic heterocycles. The van der Waals surface area contributed by atoms with Gasteiger partial charge in [-0.25, -0.2) is 0 Å². The van der Waals surface area contributed by atoms with Crippen LogP contribution in [0.5, 0.6) is 0 Å². The SMILES string of the molecule is Cc1noc(C)c1CN1CCc2c(C(=O)NCC(=O)NC(C)C)csc2C1. The fourth-order valence-electron chi connectivity index (χ4n) is 3.29. The lowest BCUT2D eigenvalue weighted by Crippen LogP contribution is -2.40. The maximum atomic E-state index is 12.5. The normalized spacial score (nSPS) is 14.3. The predicted octanol–water partition coefficient (Wildman–Crippen LogP) is 2.17. The molecular formula is C19H26N4O3S. The van der Waals surface area contributed by atoms with Gasteiger partial charge < -0.3 is 15.2 Å². The van der Waals surface area contributed by atoms with Crippen LogP contribution in [0, 0.1) is 13.8 Å². The second-order valence-corrected chi connectivity index (χ2v) is 8.18. The first-order valence-corrected chi connectivity index (χ1v) is 10.0. The van der Waals surface area contributed by atoms with E-state index in [4.69, 9.17) is 4.52 Å². The number of rotatable bonds is 6. The summed E-state index contributed by atoms with van der Waals surface area (Å²) in [5.41, 5.74) is 3.88. The Morgan fingerprint density at radius 1 is 1.37 bits per heavy atom. The van der Waals surface area contributed by atoms with Gasteiger partial charge >= 0.3 is 0 Å². The summed E-state index contributed by atoms with van der Waals surface area (Å²) < 4.78 is 5.25. The van der Waals surface area contributed by atoms with Gasteiger partial charge in [-0.1, -0.05) is 5.16 Å². The number of nitrogens with zero attached hydrogens (tertiary/aromatic N) is 2. The van der Waals surface area contributed by atoms with Gasteiger partial charge in [0.15, 0.2) is 0 Å². The van der Waals surface area contributed by atoms with E-state index in [0.29, 0.717) is 5.56 Å². The molecule has 1 aliphatic rings. The monoisotopic (exact) mass is 390 g/mol. The summed E-state index contributed by atoms with van der Waals surface area (Å²) in [5, 5.41) is 11.4. The van der Waals surface area contributed by atoms with Crippen LogP contribution in [-0.2, 0) is 24.3 Å². The summed E-state index contributed by atoms with van der Waals surface area (Å²) in [6.07, 6.45) is 0.823. The molecule has 2 aromatic rings. The molecule has 2 amide bonds. The van der Waals surface area contributed by atoms with E-state index in [2.05, 4.69) is 20.7 Å². The zero-order chi connectivity index (χ0) is 19.6. The highest BCUT2D eigenvalue weighted by Gasteiger charge is 2.25. The molecule has 3 rings (SSSR count). The number of hydrogen-bond donors (Lipinski definition) is 2. The smallest absolute Gasteiger partial charge is 0.252 e. The van der Waals surface area contributed by atoms with E-state index in [-0.39, 0.29) is 24.4 Å². The lowest BCUT2D eigenvalue weighted by Gasteiger charge is -2.27. The molecule has 1 aliphatic heterocycles. The number of aryl methyl sites for hydroxylation is 2. The molecule has 0 fully saturated rings. The van der Waals surface area contributed by atoms with E-state index in [9.17, 15) is 9.59 Å². The van der Waals surface area contributed by atoms with Crippen LogP contribution in [0.15, 0.2) is 9.90 Å². The quantitative estimate of drug-likeness (QED) is 0.789. The first-order chi connectivity index (χ1) is 12.8. The molecule has 7 nitrogen and oxygen atoms in total. The van der Waals surface area contributed by atoms with Crippen LogP contribution in [-0.4, -0.2) is 41.0 Å². The third-order valence-electron chi connectivity index (χ3n) is 4.69. The van der Waals surface area contributed by atoms with Crippen molar-refractivity contribution in [2.24, 2.45) is 0 Å². The Morgan fingerprint density at radius 3 is 2.81 bits per heavy atom. The van der Waals surface area contributed by atoms with Crippen LogP contribution in [0.25, 0.3) is 0 Å². The van der Waals surface area contributed by atoms with Crippen molar-refractivity contribution in [1.29, 1.82) is 0 Å². The summed E-state index contributed by atoms with van der Waals surface area (Å²) in [6.45, 7) is 10.2. The lowest BCUT2D eigenvalue weighted by atomic mass is 10.0. The van der Waals surface area contributed by atoms with Gasteiger partial charge in [0.1, 0.15) is 5.76 Å². The van der Waals surface area contributed by atoms with Crippen molar-refractivity contribution in [2.45, 2.75) is 53.2 Å². The lowest BCUT2D eigenvalue weighted by molar-refractivity contribution is -0.120. The number of nitrogens with one attached hydrogen (secondary N) is 2. The topological polar surface area (TPSA) is 87.5 Å². The average molecular weight is 391 g/mol. The number of thiophene rings is 1. The van der Waals surface area contributed by atoms with Crippen LogP contribution in [0.2, 0.25) is 0 Å². The second-order valence-electron chi connectivity index (χ2n) is 7.22. The van der Waals surface area contributed by atoms with Crippen molar-refractivity contribution < 1.29 is 14.1 Å². The van der Waals surface area contributed by atoms with Crippen LogP contribution in [0.1, 0.15) is 51.7 Å². The molecule has 146 valence electrons. The Labute approximate surface area is 163 Å². The summed E-state index contributed by atoms with van der Waals surface area (Å²) in [6, 6.07) is 0.0620. The van der Waals surface area contributed by atoms with Crippen molar-refractivity contribution in [3.8, 4) is 0 Å². The minimum Gasteiger partial charge on any atom is -0.361 e. The van der Waals surface area contributed by atoms with Gasteiger partial charge in [0, 0.05) is 41.5 Å². The number of carbonyl (C=O) groups excluding carboxylic acids is 2. The minimum atomic E-state index is -0.175. The van der Waals surface area contributed by atoms with Crippen molar-refractivity contribution in [3.63, 3.8) is 0 Å². The second kappa shape index (κ2) is 8.22. The largest absolute Gasteiger partial charge is 0.361 e. The maximum absolute atomic E-state index is 12.5. The van der Waals surface area contributed by atoms with Gasteiger partial charge in [-0.2, -0.15) is 0 Å². The molecule has 27 heavy (non-hydrogen) atoms. The van der Waals surface area contributed by atoms with Gasteiger partial charge in [0.25, 0.3) is 5.91 Å². The van der Waals surface area contributed by atoms with Gasteiger partial charge in [-0.15, -0.1) is 11.3 Å². The zero-order valence-corrected chi connectivity index (χ0v) is 17.0. The van der Waals surface area contributed by atoms with Crippen LogP contribution < -0.4 is 10.6 Å². The van der Waals surface area contributed by atoms with Crippen molar-refractivity contribution in [2.75, 3.05) is 13.1 Å². The van der Waals surface area contributed by atoms with Crippen molar-refractivity contribution in [3.05, 3.63) is 38.4 Å². The number of aromatic nitrogens is 1. The Balaban J connectivity index is 1.61. The zero-order valence-electron chi connectivity index (χ0n) is 16.2. The number of amides is 2. The van der Waals surface area contributed by atoms with Gasteiger partial charge in [0.05, 0.1) is 17.8 Å². The molecular weight excluding hydrogens is 364 g/mol. The van der Waals surface area contributed by atoms with E-state index in [0.717, 1.165) is 48.6 Å². The van der Waals surface area contributed by atoms with E-state index < -0.39 is 0 Å². The van der Waals surface area contributed by atoms with E-state index in [1.807, 2.05) is 33.1 Å². The third kappa shape index (κ3) is 4.56. The standard InChI is InChI=1S/C19H26N4O3S/c1-11(2)21-18(24)7-20-19(25)16-10-27-17-9-23(6-5-14(16)17)8-15-12(3)22-26-13(15)4/h10-11H,5-9H2,1-4H3,(H,20,25)(H,21,24). The minimum absolute atomic E-state index is 0.000197. The number of fused-ring (bicyclic) bond motifs is 1. The number of carbonyl (C=O) groups is 2. The molecule has 0 radical (unpaired) electrons. The third-order valence-corrected chi connectivity index (χ3v) is 5.71.